The Labute approximate surface area is 131 Å². The lowest BCUT2D eigenvalue weighted by atomic mass is 9.62. The molecule has 5 heteroatoms. The molecule has 4 nitrogen and oxygen atoms in total. The van der Waals surface area contributed by atoms with Gasteiger partial charge in [0.1, 0.15) is 5.75 Å². The molecule has 1 aromatic carbocycles. The van der Waals surface area contributed by atoms with Crippen LogP contribution in [0.1, 0.15) is 33.6 Å². The molecule has 0 bridgehead atoms. The Kier molecular flexibility index (Phi) is 4.52. The van der Waals surface area contributed by atoms with Gasteiger partial charge in [-0.3, -0.25) is 4.79 Å². The van der Waals surface area contributed by atoms with Crippen LogP contribution in [0, 0.1) is 11.3 Å². The summed E-state index contributed by atoms with van der Waals surface area (Å²) in [5, 5.41) is 2.91. The number of amides is 1. The summed E-state index contributed by atoms with van der Waals surface area (Å²) < 4.78 is 5.57. The summed E-state index contributed by atoms with van der Waals surface area (Å²) in [5.74, 6) is 1.16. The first-order chi connectivity index (χ1) is 9.83. The minimum atomic E-state index is -0.679. The number of hydrogen-bond acceptors (Lipinski definition) is 3. The Balaban J connectivity index is 2.04. The highest BCUT2D eigenvalue weighted by atomic mass is 32.1. The summed E-state index contributed by atoms with van der Waals surface area (Å²) in [5.41, 5.74) is 5.83. The maximum absolute atomic E-state index is 12.5. The quantitative estimate of drug-likeness (QED) is 0.820. The van der Waals surface area contributed by atoms with Crippen molar-refractivity contribution in [2.24, 2.45) is 17.1 Å². The number of benzene rings is 1. The average molecular weight is 306 g/mol. The molecule has 0 spiro atoms. The van der Waals surface area contributed by atoms with Gasteiger partial charge in [-0.05, 0) is 56.9 Å². The van der Waals surface area contributed by atoms with E-state index in [4.69, 9.17) is 22.7 Å². The lowest BCUT2D eigenvalue weighted by Crippen LogP contribution is -2.53. The van der Waals surface area contributed by atoms with E-state index in [2.05, 4.69) is 12.2 Å². The Morgan fingerprint density at radius 3 is 2.38 bits per heavy atom. The normalized spacial score (nSPS) is 24.3. The zero-order chi connectivity index (χ0) is 15.6. The van der Waals surface area contributed by atoms with Crippen molar-refractivity contribution in [3.8, 4) is 5.75 Å². The second kappa shape index (κ2) is 6.02. The van der Waals surface area contributed by atoms with Crippen LogP contribution in [0.25, 0.3) is 0 Å². The molecular weight excluding hydrogens is 284 g/mol. The predicted octanol–water partition coefficient (Wildman–Crippen LogP) is 3.11. The molecule has 1 amide bonds. The molecule has 1 fully saturated rings. The topological polar surface area (TPSA) is 64.3 Å². The van der Waals surface area contributed by atoms with Gasteiger partial charge in [0.15, 0.2) is 0 Å². The fraction of sp³-hybridized carbons (Fsp3) is 0.500. The number of carbonyl (C=O) groups is 1. The molecule has 0 atom stereocenters. The van der Waals surface area contributed by atoms with Crippen molar-refractivity contribution in [1.29, 1.82) is 0 Å². The van der Waals surface area contributed by atoms with Gasteiger partial charge in [-0.2, -0.15) is 0 Å². The minimum absolute atomic E-state index is 0.106. The number of nitrogens with one attached hydrogen (secondary N) is 1. The molecule has 0 heterocycles. The summed E-state index contributed by atoms with van der Waals surface area (Å²) in [6.07, 6.45) is 1.57. The third kappa shape index (κ3) is 3.35. The number of ether oxygens (including phenoxy) is 1. The summed E-state index contributed by atoms with van der Waals surface area (Å²) >= 11 is 5.09. The fourth-order valence-corrected chi connectivity index (χ4v) is 3.03. The zero-order valence-corrected chi connectivity index (χ0v) is 13.5. The zero-order valence-electron chi connectivity index (χ0n) is 12.7. The van der Waals surface area contributed by atoms with Crippen LogP contribution in [-0.4, -0.2) is 17.0 Å². The Hall–Kier alpha value is -1.62. The molecule has 0 radical (unpaired) electrons. The van der Waals surface area contributed by atoms with Crippen LogP contribution in [0.15, 0.2) is 24.3 Å². The first kappa shape index (κ1) is 15.8. The molecule has 0 saturated heterocycles. The lowest BCUT2D eigenvalue weighted by molar-refractivity contribution is -0.127. The standard InChI is InChI=1S/C16H22N2O2S/c1-10(2)20-13-6-4-12(5-7-13)18-15(19)16(14(17)21)8-11(3)9-16/h4-7,10-11H,8-9H2,1-3H3,(H2,17,21)(H,18,19). The molecule has 1 saturated carbocycles. The van der Waals surface area contributed by atoms with Crippen LogP contribution in [0.2, 0.25) is 0 Å². The lowest BCUT2D eigenvalue weighted by Gasteiger charge is -2.44. The summed E-state index contributed by atoms with van der Waals surface area (Å²) in [6.45, 7) is 6.04. The monoisotopic (exact) mass is 306 g/mol. The smallest absolute Gasteiger partial charge is 0.237 e. The second-order valence-corrected chi connectivity index (χ2v) is 6.54. The van der Waals surface area contributed by atoms with Crippen molar-refractivity contribution in [2.75, 3.05) is 5.32 Å². The van der Waals surface area contributed by atoms with Crippen molar-refractivity contribution >= 4 is 28.8 Å². The number of hydrogen-bond donors (Lipinski definition) is 2. The molecule has 0 unspecified atom stereocenters. The number of thiocarbonyl (C=S) groups is 1. The van der Waals surface area contributed by atoms with E-state index in [0.29, 0.717) is 5.92 Å². The minimum Gasteiger partial charge on any atom is -0.491 e. The summed E-state index contributed by atoms with van der Waals surface area (Å²) in [7, 11) is 0. The van der Waals surface area contributed by atoms with Crippen molar-refractivity contribution in [1.82, 2.24) is 0 Å². The van der Waals surface area contributed by atoms with E-state index in [9.17, 15) is 4.79 Å². The van der Waals surface area contributed by atoms with Crippen LogP contribution in [-0.2, 0) is 4.79 Å². The Bertz CT molecular complexity index is 534. The first-order valence-corrected chi connectivity index (χ1v) is 7.62. The van der Waals surface area contributed by atoms with E-state index in [-0.39, 0.29) is 17.0 Å². The van der Waals surface area contributed by atoms with E-state index >= 15 is 0 Å². The van der Waals surface area contributed by atoms with Gasteiger partial charge in [0.25, 0.3) is 0 Å². The molecule has 21 heavy (non-hydrogen) atoms. The number of nitrogens with two attached hydrogens (primary N) is 1. The summed E-state index contributed by atoms with van der Waals surface area (Å²) in [6, 6.07) is 7.33. The van der Waals surface area contributed by atoms with Gasteiger partial charge in [-0.1, -0.05) is 19.1 Å². The molecule has 1 aliphatic carbocycles. The van der Waals surface area contributed by atoms with Crippen LogP contribution >= 0.6 is 12.2 Å². The van der Waals surface area contributed by atoms with E-state index in [1.54, 1.807) is 0 Å². The van der Waals surface area contributed by atoms with Crippen molar-refractivity contribution in [3.05, 3.63) is 24.3 Å². The number of anilines is 1. The molecule has 0 aromatic heterocycles. The van der Waals surface area contributed by atoms with Gasteiger partial charge < -0.3 is 15.8 Å². The van der Waals surface area contributed by atoms with Gasteiger partial charge >= 0.3 is 0 Å². The Morgan fingerprint density at radius 1 is 1.38 bits per heavy atom. The van der Waals surface area contributed by atoms with Gasteiger partial charge in [0.2, 0.25) is 5.91 Å². The number of rotatable bonds is 5. The average Bonchev–Trinajstić information content (AvgIpc) is 2.36. The van der Waals surface area contributed by atoms with E-state index in [1.165, 1.54) is 0 Å². The molecule has 3 N–H and O–H groups in total. The highest BCUT2D eigenvalue weighted by Gasteiger charge is 2.50. The Morgan fingerprint density at radius 2 is 1.95 bits per heavy atom. The molecule has 114 valence electrons. The van der Waals surface area contributed by atoms with E-state index in [1.807, 2.05) is 38.1 Å². The third-order valence-electron chi connectivity index (χ3n) is 3.78. The highest BCUT2D eigenvalue weighted by Crippen LogP contribution is 2.46. The van der Waals surface area contributed by atoms with Crippen LogP contribution in [0.4, 0.5) is 5.69 Å². The SMILES string of the molecule is CC1CC(C(=O)Nc2ccc(OC(C)C)cc2)(C(N)=S)C1. The van der Waals surface area contributed by atoms with E-state index < -0.39 is 5.41 Å². The highest BCUT2D eigenvalue weighted by molar-refractivity contribution is 7.80. The second-order valence-electron chi connectivity index (χ2n) is 6.10. The summed E-state index contributed by atoms with van der Waals surface area (Å²) in [4.78, 5) is 12.7. The molecule has 1 aromatic rings. The largest absolute Gasteiger partial charge is 0.491 e. The maximum atomic E-state index is 12.5. The van der Waals surface area contributed by atoms with Crippen LogP contribution < -0.4 is 15.8 Å². The molecule has 2 rings (SSSR count). The van der Waals surface area contributed by atoms with Gasteiger partial charge in [-0.25, -0.2) is 0 Å². The van der Waals surface area contributed by atoms with E-state index in [0.717, 1.165) is 24.3 Å². The van der Waals surface area contributed by atoms with Crippen molar-refractivity contribution in [3.63, 3.8) is 0 Å². The van der Waals surface area contributed by atoms with Gasteiger partial charge in [-0.15, -0.1) is 0 Å². The molecular formula is C16H22N2O2S. The van der Waals surface area contributed by atoms with Crippen LogP contribution in [0.5, 0.6) is 5.75 Å². The van der Waals surface area contributed by atoms with Crippen molar-refractivity contribution < 1.29 is 9.53 Å². The molecule has 0 aliphatic heterocycles. The molecule has 1 aliphatic rings. The predicted molar refractivity (Wildman–Crippen MR) is 88.5 cm³/mol. The third-order valence-corrected chi connectivity index (χ3v) is 4.17. The number of carbonyl (C=O) groups excluding carboxylic acids is 1. The maximum Gasteiger partial charge on any atom is 0.237 e. The van der Waals surface area contributed by atoms with Crippen molar-refractivity contribution in [2.45, 2.75) is 39.7 Å². The van der Waals surface area contributed by atoms with Crippen LogP contribution in [0.3, 0.4) is 0 Å². The fourth-order valence-electron chi connectivity index (χ4n) is 2.77. The first-order valence-electron chi connectivity index (χ1n) is 7.21. The van der Waals surface area contributed by atoms with Gasteiger partial charge in [0, 0.05) is 5.69 Å². The van der Waals surface area contributed by atoms with Gasteiger partial charge in [0.05, 0.1) is 16.5 Å².